The predicted octanol–water partition coefficient (Wildman–Crippen LogP) is 3.06. The summed E-state index contributed by atoms with van der Waals surface area (Å²) in [7, 11) is 0. The van der Waals surface area contributed by atoms with Crippen LogP contribution in [0.5, 0.6) is 0 Å². The van der Waals surface area contributed by atoms with E-state index in [1.165, 1.54) is 6.07 Å². The van der Waals surface area contributed by atoms with Crippen LogP contribution in [0.1, 0.15) is 43.5 Å². The first-order chi connectivity index (χ1) is 12.4. The highest BCUT2D eigenvalue weighted by Gasteiger charge is 2.31. The number of anilines is 1. The maximum atomic E-state index is 12.8. The Balaban J connectivity index is 0.00000261. The van der Waals surface area contributed by atoms with Crippen molar-refractivity contribution in [1.29, 1.82) is 0 Å². The summed E-state index contributed by atoms with van der Waals surface area (Å²) < 4.78 is 0. The van der Waals surface area contributed by atoms with Gasteiger partial charge >= 0.3 is 0 Å². The number of benzene rings is 1. The minimum atomic E-state index is -0.375. The fourth-order valence-corrected chi connectivity index (χ4v) is 4.44. The SMILES string of the molecule is CC1CC(C)CN(c2ccc(C(=O)N3CCCC3CN)cc2[N+](=O)[O-])C1.Cl. The lowest BCUT2D eigenvalue weighted by atomic mass is 9.91. The number of halogens is 1. The Morgan fingerprint density at radius 1 is 1.30 bits per heavy atom. The van der Waals surface area contributed by atoms with E-state index in [-0.39, 0.29) is 35.0 Å². The maximum Gasteiger partial charge on any atom is 0.293 e. The molecule has 2 fully saturated rings. The number of nitro groups is 1. The van der Waals surface area contributed by atoms with Gasteiger partial charge in [-0.25, -0.2) is 0 Å². The minimum Gasteiger partial charge on any atom is -0.365 e. The average molecular weight is 397 g/mol. The Morgan fingerprint density at radius 2 is 1.96 bits per heavy atom. The molecule has 7 nitrogen and oxygen atoms in total. The standard InChI is InChI=1S/C19H28N4O3.ClH/c1-13-8-14(2)12-21(11-13)17-6-5-15(9-18(17)23(25)26)19(24)22-7-3-4-16(22)10-20;/h5-6,9,13-14,16H,3-4,7-8,10-12,20H2,1-2H3;1H. The second kappa shape index (κ2) is 8.89. The number of amides is 1. The minimum absolute atomic E-state index is 0. The predicted molar refractivity (Wildman–Crippen MR) is 109 cm³/mol. The molecule has 3 unspecified atom stereocenters. The second-order valence-corrected chi connectivity index (χ2v) is 7.84. The van der Waals surface area contributed by atoms with Crippen molar-refractivity contribution in [2.75, 3.05) is 31.1 Å². The van der Waals surface area contributed by atoms with Gasteiger partial charge in [0.1, 0.15) is 5.69 Å². The number of hydrogen-bond acceptors (Lipinski definition) is 5. The molecule has 0 saturated carbocycles. The van der Waals surface area contributed by atoms with Gasteiger partial charge in [0.25, 0.3) is 11.6 Å². The van der Waals surface area contributed by atoms with Crippen molar-refractivity contribution >= 4 is 29.7 Å². The number of carbonyl (C=O) groups is 1. The first-order valence-corrected chi connectivity index (χ1v) is 9.45. The van der Waals surface area contributed by atoms with Gasteiger partial charge in [0, 0.05) is 43.9 Å². The molecule has 0 spiro atoms. The van der Waals surface area contributed by atoms with Gasteiger partial charge in [-0.1, -0.05) is 13.8 Å². The number of rotatable bonds is 4. The molecule has 0 bridgehead atoms. The number of likely N-dealkylation sites (tertiary alicyclic amines) is 1. The second-order valence-electron chi connectivity index (χ2n) is 7.84. The third kappa shape index (κ3) is 4.52. The normalized spacial score (nSPS) is 25.2. The molecule has 150 valence electrons. The third-order valence-corrected chi connectivity index (χ3v) is 5.54. The van der Waals surface area contributed by atoms with Gasteiger partial charge < -0.3 is 15.5 Å². The first kappa shape index (κ1) is 21.4. The van der Waals surface area contributed by atoms with Crippen LogP contribution in [0.2, 0.25) is 0 Å². The van der Waals surface area contributed by atoms with Crippen molar-refractivity contribution in [3.05, 3.63) is 33.9 Å². The molecule has 27 heavy (non-hydrogen) atoms. The fraction of sp³-hybridized carbons (Fsp3) is 0.632. The van der Waals surface area contributed by atoms with Crippen LogP contribution in [-0.4, -0.2) is 48.0 Å². The number of carbonyl (C=O) groups excluding carboxylic acids is 1. The van der Waals surface area contributed by atoms with Crippen molar-refractivity contribution < 1.29 is 9.72 Å². The lowest BCUT2D eigenvalue weighted by Gasteiger charge is -2.36. The largest absolute Gasteiger partial charge is 0.365 e. The summed E-state index contributed by atoms with van der Waals surface area (Å²) in [6, 6.07) is 4.93. The molecule has 0 aliphatic carbocycles. The van der Waals surface area contributed by atoms with E-state index in [0.29, 0.717) is 36.2 Å². The topological polar surface area (TPSA) is 92.7 Å². The summed E-state index contributed by atoms with van der Waals surface area (Å²) in [4.78, 5) is 28.0. The van der Waals surface area contributed by atoms with Gasteiger partial charge in [-0.2, -0.15) is 0 Å². The van der Waals surface area contributed by atoms with E-state index in [0.717, 1.165) is 32.4 Å². The van der Waals surface area contributed by atoms with Crippen LogP contribution in [-0.2, 0) is 0 Å². The highest BCUT2D eigenvalue weighted by Crippen LogP contribution is 2.34. The van der Waals surface area contributed by atoms with Crippen LogP contribution < -0.4 is 10.6 Å². The van der Waals surface area contributed by atoms with Crippen LogP contribution >= 0.6 is 12.4 Å². The van der Waals surface area contributed by atoms with Gasteiger partial charge in [-0.05, 0) is 43.2 Å². The van der Waals surface area contributed by atoms with Crippen molar-refractivity contribution in [2.45, 2.75) is 39.2 Å². The summed E-state index contributed by atoms with van der Waals surface area (Å²) >= 11 is 0. The van der Waals surface area contributed by atoms with Gasteiger partial charge in [-0.15, -0.1) is 12.4 Å². The quantitative estimate of drug-likeness (QED) is 0.623. The average Bonchev–Trinajstić information content (AvgIpc) is 3.08. The molecule has 1 aromatic carbocycles. The zero-order chi connectivity index (χ0) is 18.8. The summed E-state index contributed by atoms with van der Waals surface area (Å²) in [6.07, 6.45) is 2.96. The zero-order valence-electron chi connectivity index (χ0n) is 16.0. The molecule has 2 aliphatic rings. The van der Waals surface area contributed by atoms with E-state index in [9.17, 15) is 14.9 Å². The molecule has 2 saturated heterocycles. The number of nitrogens with zero attached hydrogens (tertiary/aromatic N) is 3. The molecule has 8 heteroatoms. The van der Waals surface area contributed by atoms with Gasteiger partial charge in [0.05, 0.1) is 4.92 Å². The molecule has 1 aromatic rings. The van der Waals surface area contributed by atoms with Crippen LogP contribution in [0.3, 0.4) is 0 Å². The summed E-state index contributed by atoms with van der Waals surface area (Å²) in [6.45, 7) is 7.05. The highest BCUT2D eigenvalue weighted by atomic mass is 35.5. The van der Waals surface area contributed by atoms with E-state index in [2.05, 4.69) is 18.7 Å². The van der Waals surface area contributed by atoms with E-state index in [4.69, 9.17) is 5.73 Å². The Hall–Kier alpha value is -1.86. The van der Waals surface area contributed by atoms with Crippen LogP contribution in [0.25, 0.3) is 0 Å². The van der Waals surface area contributed by atoms with Gasteiger partial charge in [0.15, 0.2) is 0 Å². The Kier molecular flexibility index (Phi) is 7.06. The maximum absolute atomic E-state index is 12.8. The molecule has 1 amide bonds. The molecule has 0 radical (unpaired) electrons. The number of hydrogen-bond donors (Lipinski definition) is 1. The zero-order valence-corrected chi connectivity index (χ0v) is 16.8. The molecule has 2 heterocycles. The molecular formula is C19H29ClN4O3. The van der Waals surface area contributed by atoms with Crippen molar-refractivity contribution in [3.8, 4) is 0 Å². The smallest absolute Gasteiger partial charge is 0.293 e. The summed E-state index contributed by atoms with van der Waals surface area (Å²) in [5, 5.41) is 11.7. The number of piperidine rings is 1. The van der Waals surface area contributed by atoms with E-state index >= 15 is 0 Å². The van der Waals surface area contributed by atoms with E-state index < -0.39 is 0 Å². The highest BCUT2D eigenvalue weighted by molar-refractivity contribution is 5.96. The van der Waals surface area contributed by atoms with E-state index in [1.807, 2.05) is 0 Å². The Morgan fingerprint density at radius 3 is 2.56 bits per heavy atom. The molecule has 0 aromatic heterocycles. The molecular weight excluding hydrogens is 368 g/mol. The first-order valence-electron chi connectivity index (χ1n) is 9.45. The monoisotopic (exact) mass is 396 g/mol. The van der Waals surface area contributed by atoms with Gasteiger partial charge in [-0.3, -0.25) is 14.9 Å². The van der Waals surface area contributed by atoms with Crippen molar-refractivity contribution in [1.82, 2.24) is 4.90 Å². The number of nitro benzene ring substituents is 1. The van der Waals surface area contributed by atoms with Crippen LogP contribution in [0.4, 0.5) is 11.4 Å². The van der Waals surface area contributed by atoms with Crippen LogP contribution in [0.15, 0.2) is 18.2 Å². The van der Waals surface area contributed by atoms with Crippen molar-refractivity contribution in [2.24, 2.45) is 17.6 Å². The lowest BCUT2D eigenvalue weighted by molar-refractivity contribution is -0.384. The molecule has 3 rings (SSSR count). The molecule has 2 aliphatic heterocycles. The third-order valence-electron chi connectivity index (χ3n) is 5.54. The van der Waals surface area contributed by atoms with Gasteiger partial charge in [0.2, 0.25) is 0 Å². The van der Waals surface area contributed by atoms with E-state index in [1.54, 1.807) is 17.0 Å². The number of nitrogens with two attached hydrogens (primary N) is 1. The molecule has 3 atom stereocenters. The summed E-state index contributed by atoms with van der Waals surface area (Å²) in [5.41, 5.74) is 6.76. The van der Waals surface area contributed by atoms with Crippen LogP contribution in [0, 0.1) is 22.0 Å². The Bertz CT molecular complexity index is 690. The summed E-state index contributed by atoms with van der Waals surface area (Å²) in [5.74, 6) is 0.831. The fourth-order valence-electron chi connectivity index (χ4n) is 4.44. The Labute approximate surface area is 166 Å². The van der Waals surface area contributed by atoms with Crippen molar-refractivity contribution in [3.63, 3.8) is 0 Å². The lowest BCUT2D eigenvalue weighted by Crippen LogP contribution is -2.40. The molecule has 2 N–H and O–H groups in total.